The Morgan fingerprint density at radius 2 is 1.95 bits per heavy atom. The van der Waals surface area contributed by atoms with Gasteiger partial charge in [-0.1, -0.05) is 13.3 Å². The fourth-order valence-electron chi connectivity index (χ4n) is 2.76. The molecule has 0 bridgehead atoms. The van der Waals surface area contributed by atoms with Crippen molar-refractivity contribution in [3.05, 3.63) is 0 Å². The molecule has 1 aliphatic rings. The molecule has 0 aromatic carbocycles. The van der Waals surface area contributed by atoms with Crippen LogP contribution in [0.15, 0.2) is 0 Å². The molecule has 1 aliphatic heterocycles. The molecule has 0 aliphatic carbocycles. The Balaban J connectivity index is 2.27. The summed E-state index contributed by atoms with van der Waals surface area (Å²) in [6.07, 6.45) is 6.05. The number of rotatable bonds is 8. The molecule has 1 heterocycles. The molecule has 124 valence electrons. The lowest BCUT2D eigenvalue weighted by Gasteiger charge is -2.30. The predicted octanol–water partition coefficient (Wildman–Crippen LogP) is 0.682. The lowest BCUT2D eigenvalue weighted by Crippen LogP contribution is -2.46. The van der Waals surface area contributed by atoms with E-state index in [1.54, 1.807) is 0 Å². The van der Waals surface area contributed by atoms with Gasteiger partial charge in [0, 0.05) is 25.6 Å². The van der Waals surface area contributed by atoms with E-state index in [0.717, 1.165) is 19.3 Å². The Kier molecular flexibility index (Phi) is 7.62. The molecule has 1 fully saturated rings. The lowest BCUT2D eigenvalue weighted by atomic mass is 9.96. The highest BCUT2D eigenvalue weighted by Gasteiger charge is 2.25. The van der Waals surface area contributed by atoms with E-state index in [9.17, 15) is 13.2 Å². The number of hydrogen-bond donors (Lipinski definition) is 2. The first-order valence-electron chi connectivity index (χ1n) is 7.81. The Labute approximate surface area is 128 Å². The molecule has 0 radical (unpaired) electrons. The largest absolute Gasteiger partial charge is 0.353 e. The van der Waals surface area contributed by atoms with E-state index < -0.39 is 10.0 Å². The quantitative estimate of drug-likeness (QED) is 0.688. The smallest absolute Gasteiger partial charge is 0.220 e. The van der Waals surface area contributed by atoms with Crippen molar-refractivity contribution in [1.82, 2.24) is 9.62 Å². The van der Waals surface area contributed by atoms with Crippen molar-refractivity contribution >= 4 is 15.9 Å². The van der Waals surface area contributed by atoms with Crippen molar-refractivity contribution in [3.8, 4) is 0 Å². The highest BCUT2D eigenvalue weighted by atomic mass is 32.2. The van der Waals surface area contributed by atoms with Gasteiger partial charge in [-0.25, -0.2) is 12.7 Å². The standard InChI is InChI=1S/C14H29N3O3S/c1-3-12(6-9-15)4-5-14(18)16-13-7-10-17(11-8-13)21(2,19)20/h12-13H,3-11,15H2,1-2H3,(H,16,18). The van der Waals surface area contributed by atoms with Crippen LogP contribution in [0.4, 0.5) is 0 Å². The van der Waals surface area contributed by atoms with Gasteiger partial charge in [0.25, 0.3) is 0 Å². The molecule has 6 nitrogen and oxygen atoms in total. The average molecular weight is 319 g/mol. The maximum absolute atomic E-state index is 11.9. The first kappa shape index (κ1) is 18.4. The molecule has 0 saturated carbocycles. The van der Waals surface area contributed by atoms with Gasteiger partial charge in [0.2, 0.25) is 15.9 Å². The third-order valence-electron chi connectivity index (χ3n) is 4.22. The van der Waals surface area contributed by atoms with Crippen LogP contribution in [-0.4, -0.2) is 50.6 Å². The van der Waals surface area contributed by atoms with Crippen LogP contribution in [0.25, 0.3) is 0 Å². The van der Waals surface area contributed by atoms with Crippen molar-refractivity contribution in [2.75, 3.05) is 25.9 Å². The van der Waals surface area contributed by atoms with Crippen molar-refractivity contribution in [3.63, 3.8) is 0 Å². The second-order valence-electron chi connectivity index (χ2n) is 5.89. The Hall–Kier alpha value is -0.660. The van der Waals surface area contributed by atoms with E-state index in [2.05, 4.69) is 12.2 Å². The summed E-state index contributed by atoms with van der Waals surface area (Å²) in [7, 11) is -3.10. The van der Waals surface area contributed by atoms with Gasteiger partial charge < -0.3 is 11.1 Å². The molecule has 0 aromatic heterocycles. The zero-order chi connectivity index (χ0) is 15.9. The number of nitrogens with zero attached hydrogens (tertiary/aromatic N) is 1. The fourth-order valence-corrected chi connectivity index (χ4v) is 3.63. The van der Waals surface area contributed by atoms with E-state index in [1.165, 1.54) is 10.6 Å². The first-order valence-corrected chi connectivity index (χ1v) is 9.66. The number of sulfonamides is 1. The number of amides is 1. The van der Waals surface area contributed by atoms with Gasteiger partial charge in [-0.05, 0) is 38.1 Å². The summed E-state index contributed by atoms with van der Waals surface area (Å²) in [4.78, 5) is 11.9. The molecule has 3 N–H and O–H groups in total. The summed E-state index contributed by atoms with van der Waals surface area (Å²) in [5.74, 6) is 0.594. The molecule has 7 heteroatoms. The molecular formula is C14H29N3O3S. The fraction of sp³-hybridized carbons (Fsp3) is 0.929. The topological polar surface area (TPSA) is 92.5 Å². The third kappa shape index (κ3) is 6.76. The van der Waals surface area contributed by atoms with Gasteiger partial charge in [-0.15, -0.1) is 0 Å². The van der Waals surface area contributed by atoms with Crippen molar-refractivity contribution in [2.24, 2.45) is 11.7 Å². The molecular weight excluding hydrogens is 290 g/mol. The Morgan fingerprint density at radius 1 is 1.33 bits per heavy atom. The van der Waals surface area contributed by atoms with Crippen LogP contribution < -0.4 is 11.1 Å². The molecule has 1 amide bonds. The van der Waals surface area contributed by atoms with Crippen molar-refractivity contribution in [2.45, 2.75) is 51.5 Å². The second-order valence-corrected chi connectivity index (χ2v) is 7.88. The first-order chi connectivity index (χ1) is 9.86. The van der Waals surface area contributed by atoms with E-state index in [1.807, 2.05) is 0 Å². The molecule has 1 saturated heterocycles. The molecule has 1 rings (SSSR count). The molecule has 21 heavy (non-hydrogen) atoms. The van der Waals surface area contributed by atoms with Crippen LogP contribution >= 0.6 is 0 Å². The van der Waals surface area contributed by atoms with Crippen LogP contribution in [0, 0.1) is 5.92 Å². The highest BCUT2D eigenvalue weighted by molar-refractivity contribution is 7.88. The van der Waals surface area contributed by atoms with Crippen LogP contribution in [0.1, 0.15) is 45.4 Å². The SMILES string of the molecule is CCC(CCN)CCC(=O)NC1CCN(S(C)(=O)=O)CC1. The Morgan fingerprint density at radius 3 is 2.43 bits per heavy atom. The summed E-state index contributed by atoms with van der Waals surface area (Å²) in [6.45, 7) is 3.78. The number of piperidine rings is 1. The average Bonchev–Trinajstić information content (AvgIpc) is 2.43. The maximum atomic E-state index is 11.9. The highest BCUT2D eigenvalue weighted by Crippen LogP contribution is 2.16. The maximum Gasteiger partial charge on any atom is 0.220 e. The van der Waals surface area contributed by atoms with E-state index in [0.29, 0.717) is 44.8 Å². The van der Waals surface area contributed by atoms with E-state index in [4.69, 9.17) is 5.73 Å². The summed E-state index contributed by atoms with van der Waals surface area (Å²) in [5, 5.41) is 3.02. The van der Waals surface area contributed by atoms with Crippen LogP contribution in [0.3, 0.4) is 0 Å². The summed E-state index contributed by atoms with van der Waals surface area (Å²) in [6, 6.07) is 0.102. The van der Waals surface area contributed by atoms with Gasteiger partial charge in [0.15, 0.2) is 0 Å². The summed E-state index contributed by atoms with van der Waals surface area (Å²) >= 11 is 0. The number of nitrogens with one attached hydrogen (secondary N) is 1. The minimum atomic E-state index is -3.10. The predicted molar refractivity (Wildman–Crippen MR) is 84.3 cm³/mol. The number of carbonyl (C=O) groups is 1. The third-order valence-corrected chi connectivity index (χ3v) is 5.52. The van der Waals surface area contributed by atoms with E-state index in [-0.39, 0.29) is 11.9 Å². The minimum Gasteiger partial charge on any atom is -0.353 e. The molecule has 1 unspecified atom stereocenters. The van der Waals surface area contributed by atoms with Crippen LogP contribution in [0.2, 0.25) is 0 Å². The molecule has 1 atom stereocenters. The monoisotopic (exact) mass is 319 g/mol. The summed E-state index contributed by atoms with van der Waals surface area (Å²) < 4.78 is 24.3. The van der Waals surface area contributed by atoms with Gasteiger partial charge in [0.1, 0.15) is 0 Å². The van der Waals surface area contributed by atoms with Gasteiger partial charge in [0.05, 0.1) is 6.26 Å². The van der Waals surface area contributed by atoms with Crippen molar-refractivity contribution in [1.29, 1.82) is 0 Å². The lowest BCUT2D eigenvalue weighted by molar-refractivity contribution is -0.122. The van der Waals surface area contributed by atoms with Crippen LogP contribution in [-0.2, 0) is 14.8 Å². The zero-order valence-electron chi connectivity index (χ0n) is 13.2. The van der Waals surface area contributed by atoms with Crippen LogP contribution in [0.5, 0.6) is 0 Å². The van der Waals surface area contributed by atoms with Crippen molar-refractivity contribution < 1.29 is 13.2 Å². The molecule has 0 spiro atoms. The zero-order valence-corrected chi connectivity index (χ0v) is 14.0. The molecule has 0 aromatic rings. The Bertz CT molecular complexity index is 417. The minimum absolute atomic E-state index is 0.0725. The van der Waals surface area contributed by atoms with Gasteiger partial charge >= 0.3 is 0 Å². The number of nitrogens with two attached hydrogens (primary N) is 1. The van der Waals surface area contributed by atoms with E-state index >= 15 is 0 Å². The summed E-state index contributed by atoms with van der Waals surface area (Å²) in [5.41, 5.74) is 5.55. The van der Waals surface area contributed by atoms with Gasteiger partial charge in [-0.2, -0.15) is 0 Å². The number of carbonyl (C=O) groups excluding carboxylic acids is 1. The second kappa shape index (κ2) is 8.70. The number of hydrogen-bond acceptors (Lipinski definition) is 4. The van der Waals surface area contributed by atoms with Gasteiger partial charge in [-0.3, -0.25) is 4.79 Å². The normalized spacial score (nSPS) is 19.4.